The van der Waals surface area contributed by atoms with Crippen LogP contribution in [0, 0.1) is 0 Å². The van der Waals surface area contributed by atoms with E-state index in [-0.39, 0.29) is 10.9 Å². The van der Waals surface area contributed by atoms with Crippen LogP contribution in [0.2, 0.25) is 0 Å². The number of aryl methyl sites for hydroxylation is 1. The van der Waals surface area contributed by atoms with Crippen LogP contribution in [0.4, 0.5) is 5.00 Å². The number of hydrogen-bond donors (Lipinski definition) is 4. The second kappa shape index (κ2) is 6.56. The number of carboxylic acid groups (broad SMARTS) is 2. The van der Waals surface area contributed by atoms with E-state index < -0.39 is 24.0 Å². The Kier molecular flexibility index (Phi) is 4.75. The zero-order valence-corrected chi connectivity index (χ0v) is 12.3. The average molecular weight is 327 g/mol. The number of aliphatic carboxylic acids is 1. The van der Waals surface area contributed by atoms with E-state index in [9.17, 15) is 14.4 Å². The molecule has 0 bridgehead atoms. The third-order valence-electron chi connectivity index (χ3n) is 2.76. The molecular weight excluding hydrogens is 314 g/mol. The van der Waals surface area contributed by atoms with Gasteiger partial charge in [0, 0.05) is 12.7 Å². The Labute approximate surface area is 127 Å². The molecule has 4 N–H and O–H groups in total. The molecule has 9 nitrogen and oxygen atoms in total. The minimum Gasteiger partial charge on any atom is -0.479 e. The van der Waals surface area contributed by atoms with Crippen LogP contribution >= 0.6 is 11.3 Å². The third-order valence-corrected chi connectivity index (χ3v) is 3.85. The van der Waals surface area contributed by atoms with Crippen molar-refractivity contribution in [3.05, 3.63) is 28.0 Å². The summed E-state index contributed by atoms with van der Waals surface area (Å²) < 4.78 is 1.66. The number of nitrogens with zero attached hydrogens (tertiary/aromatic N) is 1. The highest BCUT2D eigenvalue weighted by atomic mass is 32.1. The van der Waals surface area contributed by atoms with Crippen molar-refractivity contribution < 1.29 is 24.6 Å². The maximum Gasteiger partial charge on any atom is 0.341 e. The summed E-state index contributed by atoms with van der Waals surface area (Å²) in [5.74, 6) is -2.42. The molecule has 0 radical (unpaired) electrons. The number of rotatable bonds is 7. The number of aromatic nitrogens is 1. The van der Waals surface area contributed by atoms with Crippen molar-refractivity contribution in [3.8, 4) is 0 Å². The Hall–Kier alpha value is -2.43. The van der Waals surface area contributed by atoms with Crippen LogP contribution in [0.25, 0.3) is 10.2 Å². The van der Waals surface area contributed by atoms with Gasteiger partial charge in [-0.15, -0.1) is 5.59 Å². The Morgan fingerprint density at radius 1 is 1.41 bits per heavy atom. The Bertz CT molecular complexity index is 781. The Morgan fingerprint density at radius 3 is 2.73 bits per heavy atom. The molecule has 0 fully saturated rings. The first-order valence-corrected chi connectivity index (χ1v) is 7.00. The van der Waals surface area contributed by atoms with Gasteiger partial charge in [-0.2, -0.15) is 0 Å². The van der Waals surface area contributed by atoms with Crippen molar-refractivity contribution in [2.75, 3.05) is 12.0 Å². The molecule has 0 saturated heterocycles. The van der Waals surface area contributed by atoms with Crippen LogP contribution in [0.1, 0.15) is 17.3 Å². The molecule has 0 aliphatic heterocycles. The van der Waals surface area contributed by atoms with Crippen LogP contribution in [0.15, 0.2) is 17.1 Å². The molecule has 0 atom stereocenters. The molecule has 2 heterocycles. The predicted octanol–water partition coefficient (Wildman–Crippen LogP) is 0.714. The maximum absolute atomic E-state index is 12.1. The summed E-state index contributed by atoms with van der Waals surface area (Å²) in [6.45, 7) is 1.79. The quantitative estimate of drug-likeness (QED) is 0.432. The first kappa shape index (κ1) is 15.9. The van der Waals surface area contributed by atoms with Crippen LogP contribution in [-0.2, 0) is 16.2 Å². The van der Waals surface area contributed by atoms with Gasteiger partial charge in [-0.05, 0) is 13.0 Å². The van der Waals surface area contributed by atoms with Gasteiger partial charge in [0.2, 0.25) is 5.43 Å². The lowest BCUT2D eigenvalue weighted by atomic mass is 10.2. The van der Waals surface area contributed by atoms with Crippen LogP contribution < -0.4 is 16.4 Å². The lowest BCUT2D eigenvalue weighted by molar-refractivity contribution is -0.144. The minimum absolute atomic E-state index is 0.272. The van der Waals surface area contributed by atoms with E-state index in [0.717, 1.165) is 0 Å². The summed E-state index contributed by atoms with van der Waals surface area (Å²) >= 11 is 1.21. The number of pyridine rings is 1. The highest BCUT2D eigenvalue weighted by Crippen LogP contribution is 2.27. The number of thiophene rings is 1. The lowest BCUT2D eigenvalue weighted by Crippen LogP contribution is -2.24. The van der Waals surface area contributed by atoms with Crippen molar-refractivity contribution in [2.45, 2.75) is 13.5 Å². The highest BCUT2D eigenvalue weighted by molar-refractivity contribution is 7.22. The van der Waals surface area contributed by atoms with Crippen molar-refractivity contribution in [2.24, 2.45) is 0 Å². The molecule has 0 aromatic carbocycles. The largest absolute Gasteiger partial charge is 0.479 e. The van der Waals surface area contributed by atoms with Crippen LogP contribution in [0.5, 0.6) is 0 Å². The van der Waals surface area contributed by atoms with Crippen molar-refractivity contribution in [1.29, 1.82) is 0 Å². The molecule has 10 heteroatoms. The lowest BCUT2D eigenvalue weighted by Gasteiger charge is -2.05. The summed E-state index contributed by atoms with van der Waals surface area (Å²) in [4.78, 5) is 38.7. The van der Waals surface area contributed by atoms with Gasteiger partial charge < -0.3 is 14.8 Å². The normalized spacial score (nSPS) is 10.8. The number of nitrogens with one attached hydrogen (secondary N) is 2. The monoisotopic (exact) mass is 327 g/mol. The van der Waals surface area contributed by atoms with Crippen molar-refractivity contribution >= 4 is 38.5 Å². The van der Waals surface area contributed by atoms with E-state index in [2.05, 4.69) is 15.9 Å². The molecule has 2 rings (SSSR count). The topological polar surface area (TPSA) is 130 Å². The molecular formula is C12H13N3O6S. The van der Waals surface area contributed by atoms with Gasteiger partial charge >= 0.3 is 11.9 Å². The number of fused-ring (bicyclic) bond motifs is 1. The van der Waals surface area contributed by atoms with Crippen LogP contribution in [-0.4, -0.2) is 33.3 Å². The van der Waals surface area contributed by atoms with Crippen molar-refractivity contribution in [3.63, 3.8) is 0 Å². The number of carbonyl (C=O) groups is 2. The zero-order chi connectivity index (χ0) is 16.3. The molecule has 22 heavy (non-hydrogen) atoms. The van der Waals surface area contributed by atoms with Gasteiger partial charge in [-0.25, -0.2) is 9.59 Å². The number of hydrazine groups is 1. The van der Waals surface area contributed by atoms with Crippen molar-refractivity contribution in [1.82, 2.24) is 10.2 Å². The van der Waals surface area contributed by atoms with Gasteiger partial charge in [0.15, 0.2) is 6.61 Å². The summed E-state index contributed by atoms with van der Waals surface area (Å²) in [7, 11) is 0. The summed E-state index contributed by atoms with van der Waals surface area (Å²) in [5, 5.41) is 18.2. The number of hydrogen-bond acceptors (Lipinski definition) is 7. The molecule has 118 valence electrons. The molecule has 0 unspecified atom stereocenters. The first-order valence-electron chi connectivity index (χ1n) is 6.19. The smallest absolute Gasteiger partial charge is 0.341 e. The molecule has 0 aliphatic carbocycles. The van der Waals surface area contributed by atoms with E-state index in [4.69, 9.17) is 10.2 Å². The molecule has 0 amide bonds. The van der Waals surface area contributed by atoms with Gasteiger partial charge in [0.1, 0.15) is 15.4 Å². The van der Waals surface area contributed by atoms with Gasteiger partial charge in [0.25, 0.3) is 0 Å². The first-order chi connectivity index (χ1) is 10.4. The molecule has 0 spiro atoms. The highest BCUT2D eigenvalue weighted by Gasteiger charge is 2.16. The second-order valence-electron chi connectivity index (χ2n) is 4.20. The Morgan fingerprint density at radius 2 is 2.14 bits per heavy atom. The fourth-order valence-corrected chi connectivity index (χ4v) is 2.85. The summed E-state index contributed by atoms with van der Waals surface area (Å²) in [6, 6.07) is 1.48. The van der Waals surface area contributed by atoms with Gasteiger partial charge in [0.05, 0.1) is 5.39 Å². The Balaban J connectivity index is 2.32. The maximum atomic E-state index is 12.1. The standard InChI is InChI=1S/C12H13N3O6S/c1-2-15-4-7(12(19)20)10(18)6-3-8(22-11(6)15)13-14-21-5-9(16)17/h3-4,13-14H,2,5H2,1H3,(H,16,17)(H,19,20). The van der Waals surface area contributed by atoms with Gasteiger partial charge in [-0.1, -0.05) is 11.3 Å². The fourth-order valence-electron chi connectivity index (χ4n) is 1.81. The van der Waals surface area contributed by atoms with E-state index in [1.165, 1.54) is 23.6 Å². The predicted molar refractivity (Wildman–Crippen MR) is 79.1 cm³/mol. The van der Waals surface area contributed by atoms with E-state index in [1.54, 1.807) is 4.57 Å². The van der Waals surface area contributed by atoms with E-state index >= 15 is 0 Å². The van der Waals surface area contributed by atoms with Gasteiger partial charge in [-0.3, -0.25) is 15.1 Å². The zero-order valence-electron chi connectivity index (χ0n) is 11.5. The second-order valence-corrected chi connectivity index (χ2v) is 5.23. The molecule has 2 aromatic heterocycles. The number of aromatic carboxylic acids is 1. The van der Waals surface area contributed by atoms with E-state index in [0.29, 0.717) is 16.4 Å². The number of anilines is 1. The summed E-state index contributed by atoms with van der Waals surface area (Å²) in [6.07, 6.45) is 1.31. The van der Waals surface area contributed by atoms with E-state index in [1.807, 2.05) is 6.92 Å². The molecule has 0 aliphatic rings. The third kappa shape index (κ3) is 3.24. The molecule has 2 aromatic rings. The fraction of sp³-hybridized carbons (Fsp3) is 0.250. The van der Waals surface area contributed by atoms with Crippen LogP contribution in [0.3, 0.4) is 0 Å². The number of carboxylic acids is 2. The summed E-state index contributed by atoms with van der Waals surface area (Å²) in [5.41, 5.74) is 3.98. The minimum atomic E-state index is -1.28. The molecule has 0 saturated carbocycles. The SMILES string of the molecule is CCn1cc(C(=O)O)c(=O)c2cc(NNOCC(=O)O)sc21. The average Bonchev–Trinajstić information content (AvgIpc) is 2.88.